The van der Waals surface area contributed by atoms with Crippen molar-refractivity contribution in [2.75, 3.05) is 36.5 Å². The summed E-state index contributed by atoms with van der Waals surface area (Å²) in [6, 6.07) is 7.93. The molecule has 8 nitrogen and oxygen atoms in total. The van der Waals surface area contributed by atoms with Gasteiger partial charge in [0, 0.05) is 31.0 Å². The van der Waals surface area contributed by atoms with Gasteiger partial charge < -0.3 is 15.0 Å². The van der Waals surface area contributed by atoms with Crippen LogP contribution in [0.5, 0.6) is 0 Å². The van der Waals surface area contributed by atoms with Crippen molar-refractivity contribution in [2.45, 2.75) is 37.7 Å². The maximum Gasteiger partial charge on any atom is 0.237 e. The quantitative estimate of drug-likeness (QED) is 0.726. The summed E-state index contributed by atoms with van der Waals surface area (Å²) >= 11 is 1.36. The Morgan fingerprint density at radius 2 is 1.93 bits per heavy atom. The molecule has 1 aliphatic rings. The first-order chi connectivity index (χ1) is 13.0. The molecule has 27 heavy (non-hydrogen) atoms. The molecule has 0 aliphatic carbocycles. The number of benzene rings is 1. The number of thioether (sulfide) groups is 1. The Morgan fingerprint density at radius 1 is 1.22 bits per heavy atom. The molecule has 1 aromatic heterocycles. The lowest BCUT2D eigenvalue weighted by molar-refractivity contribution is -0.115. The molecule has 3 rings (SSSR count). The Bertz CT molecular complexity index is 743. The second kappa shape index (κ2) is 9.18. The van der Waals surface area contributed by atoms with E-state index in [1.54, 1.807) is 4.68 Å². The summed E-state index contributed by atoms with van der Waals surface area (Å²) in [6.07, 6.45) is 0. The van der Waals surface area contributed by atoms with Gasteiger partial charge in [0.2, 0.25) is 11.1 Å². The summed E-state index contributed by atoms with van der Waals surface area (Å²) in [5, 5.41) is 15.1. The van der Waals surface area contributed by atoms with Crippen LogP contribution >= 0.6 is 11.8 Å². The summed E-state index contributed by atoms with van der Waals surface area (Å²) in [7, 11) is 0. The minimum absolute atomic E-state index is 0.0711. The van der Waals surface area contributed by atoms with E-state index in [0.717, 1.165) is 44.2 Å². The molecule has 0 radical (unpaired) electrons. The van der Waals surface area contributed by atoms with Gasteiger partial charge in [0.25, 0.3) is 0 Å². The molecule has 0 saturated carbocycles. The predicted octanol–water partition coefficient (Wildman–Crippen LogP) is 2.29. The van der Waals surface area contributed by atoms with Crippen molar-refractivity contribution in [3.8, 4) is 0 Å². The average Bonchev–Trinajstić information content (AvgIpc) is 3.09. The number of tetrazole rings is 1. The van der Waals surface area contributed by atoms with Crippen LogP contribution in [0.1, 0.15) is 20.8 Å². The number of carbonyl (C=O) groups is 1. The Balaban J connectivity index is 1.55. The van der Waals surface area contributed by atoms with Crippen molar-refractivity contribution in [2.24, 2.45) is 5.92 Å². The van der Waals surface area contributed by atoms with Gasteiger partial charge in [-0.3, -0.25) is 4.79 Å². The molecular formula is C18H26N6O2S. The average molecular weight is 391 g/mol. The number of nitrogens with one attached hydrogen (secondary N) is 1. The van der Waals surface area contributed by atoms with E-state index in [1.165, 1.54) is 11.8 Å². The van der Waals surface area contributed by atoms with Crippen LogP contribution in [0, 0.1) is 5.92 Å². The second-order valence-electron chi connectivity index (χ2n) is 6.93. The lowest BCUT2D eigenvalue weighted by Crippen LogP contribution is -2.36. The molecule has 1 unspecified atom stereocenters. The third-order valence-electron chi connectivity index (χ3n) is 4.20. The van der Waals surface area contributed by atoms with Crippen LogP contribution < -0.4 is 10.2 Å². The number of morpholine rings is 1. The van der Waals surface area contributed by atoms with Gasteiger partial charge in [-0.2, -0.15) is 0 Å². The molecule has 1 atom stereocenters. The fourth-order valence-corrected chi connectivity index (χ4v) is 3.57. The standard InChI is InChI=1S/C18H26N6O2S/c1-13(2)12-24-18(20-21-22-24)27-14(3)17(25)19-15-4-6-16(7-5-15)23-8-10-26-11-9-23/h4-7,13-14H,8-12H2,1-3H3,(H,19,25). The van der Waals surface area contributed by atoms with Gasteiger partial charge >= 0.3 is 0 Å². The van der Waals surface area contributed by atoms with Gasteiger partial charge in [0.1, 0.15) is 0 Å². The number of aromatic nitrogens is 4. The van der Waals surface area contributed by atoms with Crippen molar-refractivity contribution >= 4 is 29.0 Å². The first-order valence-electron chi connectivity index (χ1n) is 9.19. The third-order valence-corrected chi connectivity index (χ3v) is 5.27. The number of ether oxygens (including phenoxy) is 1. The maximum atomic E-state index is 12.5. The van der Waals surface area contributed by atoms with Gasteiger partial charge in [-0.05, 0) is 47.5 Å². The predicted molar refractivity (Wildman–Crippen MR) is 106 cm³/mol. The van der Waals surface area contributed by atoms with Gasteiger partial charge in [-0.15, -0.1) is 5.10 Å². The molecule has 2 heterocycles. The molecule has 0 spiro atoms. The second-order valence-corrected chi connectivity index (χ2v) is 8.24. The first-order valence-corrected chi connectivity index (χ1v) is 10.1. The Morgan fingerprint density at radius 3 is 2.59 bits per heavy atom. The van der Waals surface area contributed by atoms with E-state index in [1.807, 2.05) is 31.2 Å². The molecule has 1 aliphatic heterocycles. The lowest BCUT2D eigenvalue weighted by Gasteiger charge is -2.28. The number of rotatable bonds is 7. The summed E-state index contributed by atoms with van der Waals surface area (Å²) < 4.78 is 7.13. The van der Waals surface area contributed by atoms with Gasteiger partial charge in [0.15, 0.2) is 0 Å². The largest absolute Gasteiger partial charge is 0.378 e. The third kappa shape index (κ3) is 5.43. The first kappa shape index (κ1) is 19.6. The lowest BCUT2D eigenvalue weighted by atomic mass is 10.2. The highest BCUT2D eigenvalue weighted by atomic mass is 32.2. The molecule has 1 N–H and O–H groups in total. The Labute approximate surface area is 163 Å². The van der Waals surface area contributed by atoms with Crippen LogP contribution in [0.4, 0.5) is 11.4 Å². The molecule has 1 amide bonds. The zero-order valence-corrected chi connectivity index (χ0v) is 16.8. The highest BCUT2D eigenvalue weighted by molar-refractivity contribution is 8.00. The van der Waals surface area contributed by atoms with Crippen molar-refractivity contribution in [3.63, 3.8) is 0 Å². The van der Waals surface area contributed by atoms with Crippen molar-refractivity contribution < 1.29 is 9.53 Å². The number of hydrogen-bond donors (Lipinski definition) is 1. The number of hydrogen-bond acceptors (Lipinski definition) is 7. The molecule has 1 fully saturated rings. The molecule has 1 saturated heterocycles. The van der Waals surface area contributed by atoms with Gasteiger partial charge in [-0.1, -0.05) is 25.6 Å². The topological polar surface area (TPSA) is 85.2 Å². The van der Waals surface area contributed by atoms with Crippen molar-refractivity contribution in [1.29, 1.82) is 0 Å². The smallest absolute Gasteiger partial charge is 0.237 e. The molecule has 1 aromatic carbocycles. The molecular weight excluding hydrogens is 364 g/mol. The fourth-order valence-electron chi connectivity index (χ4n) is 2.77. The summed E-state index contributed by atoms with van der Waals surface area (Å²) in [5.41, 5.74) is 1.93. The van der Waals surface area contributed by atoms with Crippen molar-refractivity contribution in [3.05, 3.63) is 24.3 Å². The number of amides is 1. The van der Waals surface area contributed by atoms with Crippen LogP contribution in [0.15, 0.2) is 29.4 Å². The zero-order chi connectivity index (χ0) is 19.2. The minimum atomic E-state index is -0.305. The Kier molecular flexibility index (Phi) is 6.68. The van der Waals surface area contributed by atoms with E-state index >= 15 is 0 Å². The van der Waals surface area contributed by atoms with Crippen molar-refractivity contribution in [1.82, 2.24) is 20.2 Å². The molecule has 0 bridgehead atoms. The van der Waals surface area contributed by atoms with E-state index in [-0.39, 0.29) is 11.2 Å². The summed E-state index contributed by atoms with van der Waals surface area (Å²) in [5.74, 6) is 0.361. The van der Waals surface area contributed by atoms with Crippen LogP contribution in [0.3, 0.4) is 0 Å². The fraction of sp³-hybridized carbons (Fsp3) is 0.556. The summed E-state index contributed by atoms with van der Waals surface area (Å²) in [4.78, 5) is 14.8. The van der Waals surface area contributed by atoms with Crippen LogP contribution in [-0.2, 0) is 16.1 Å². The van der Waals surface area contributed by atoms with E-state index in [0.29, 0.717) is 11.1 Å². The highest BCUT2D eigenvalue weighted by Crippen LogP contribution is 2.23. The molecule has 2 aromatic rings. The van der Waals surface area contributed by atoms with Gasteiger partial charge in [0.05, 0.1) is 18.5 Å². The number of nitrogens with zero attached hydrogens (tertiary/aromatic N) is 5. The maximum absolute atomic E-state index is 12.5. The Hall–Kier alpha value is -2.13. The van der Waals surface area contributed by atoms with E-state index in [2.05, 4.69) is 39.6 Å². The van der Waals surface area contributed by atoms with Crippen LogP contribution in [0.25, 0.3) is 0 Å². The normalized spacial score (nSPS) is 15.8. The molecule has 146 valence electrons. The summed E-state index contributed by atoms with van der Waals surface area (Å²) in [6.45, 7) is 10.1. The van der Waals surface area contributed by atoms with E-state index in [9.17, 15) is 4.79 Å². The highest BCUT2D eigenvalue weighted by Gasteiger charge is 2.19. The van der Waals surface area contributed by atoms with Crippen LogP contribution in [-0.4, -0.2) is 57.7 Å². The van der Waals surface area contributed by atoms with Crippen LogP contribution in [0.2, 0.25) is 0 Å². The number of carbonyl (C=O) groups excluding carboxylic acids is 1. The monoisotopic (exact) mass is 390 g/mol. The number of anilines is 2. The SMILES string of the molecule is CC(C)Cn1nnnc1SC(C)C(=O)Nc1ccc(N2CCOCC2)cc1. The zero-order valence-electron chi connectivity index (χ0n) is 16.0. The van der Waals surface area contributed by atoms with E-state index in [4.69, 9.17) is 4.74 Å². The molecule has 9 heteroatoms. The van der Waals surface area contributed by atoms with E-state index < -0.39 is 0 Å². The van der Waals surface area contributed by atoms with Gasteiger partial charge in [-0.25, -0.2) is 4.68 Å². The minimum Gasteiger partial charge on any atom is -0.378 e.